The molecule has 2 N–H and O–H groups in total. The Labute approximate surface area is 142 Å². The first-order valence-electron chi connectivity index (χ1n) is 8.67. The van der Waals surface area contributed by atoms with Crippen molar-refractivity contribution in [3.05, 3.63) is 36.3 Å². The molecular weight excluding hydrogens is 303 g/mol. The molecule has 0 radical (unpaired) electrons. The Balaban J connectivity index is 1.83. The SMILES string of the molecule is CCN(CC)CCC(C)Nc1nccc2c1[nH]c1ccc(F)cc12. The van der Waals surface area contributed by atoms with E-state index in [0.29, 0.717) is 6.04 Å². The van der Waals surface area contributed by atoms with E-state index in [2.05, 4.69) is 41.0 Å². The standard InChI is InChI=1S/C19H25FN4/c1-4-24(5-2)11-9-13(3)22-19-18-15(8-10-21-19)16-12-14(20)6-7-17(16)23-18/h6-8,10,12-13,23H,4-5,9,11H2,1-3H3,(H,21,22). The Bertz CT molecular complexity index is 823. The van der Waals surface area contributed by atoms with Gasteiger partial charge in [0.1, 0.15) is 5.82 Å². The van der Waals surface area contributed by atoms with Gasteiger partial charge in [0.05, 0.1) is 5.52 Å². The fourth-order valence-electron chi connectivity index (χ4n) is 3.13. The van der Waals surface area contributed by atoms with Crippen LogP contribution in [-0.4, -0.2) is 40.5 Å². The molecule has 0 bridgehead atoms. The molecule has 0 saturated heterocycles. The van der Waals surface area contributed by atoms with Crippen molar-refractivity contribution in [2.24, 2.45) is 0 Å². The number of halogens is 1. The summed E-state index contributed by atoms with van der Waals surface area (Å²) in [6.45, 7) is 9.76. The zero-order chi connectivity index (χ0) is 17.1. The number of aromatic amines is 1. The number of rotatable bonds is 7. The van der Waals surface area contributed by atoms with E-state index < -0.39 is 0 Å². The number of pyridine rings is 1. The van der Waals surface area contributed by atoms with Crippen molar-refractivity contribution in [3.63, 3.8) is 0 Å². The zero-order valence-corrected chi connectivity index (χ0v) is 14.6. The summed E-state index contributed by atoms with van der Waals surface area (Å²) in [5.41, 5.74) is 1.87. The number of nitrogens with zero attached hydrogens (tertiary/aromatic N) is 2. The Morgan fingerprint density at radius 1 is 1.21 bits per heavy atom. The quantitative estimate of drug-likeness (QED) is 0.676. The number of H-pyrrole nitrogens is 1. The first-order valence-corrected chi connectivity index (χ1v) is 8.67. The number of fused-ring (bicyclic) bond motifs is 3. The number of aromatic nitrogens is 2. The average Bonchev–Trinajstić information content (AvgIpc) is 2.95. The van der Waals surface area contributed by atoms with Crippen LogP contribution in [0.5, 0.6) is 0 Å². The highest BCUT2D eigenvalue weighted by Crippen LogP contribution is 2.29. The summed E-state index contributed by atoms with van der Waals surface area (Å²) in [6.07, 6.45) is 2.83. The van der Waals surface area contributed by atoms with E-state index in [-0.39, 0.29) is 5.82 Å². The summed E-state index contributed by atoms with van der Waals surface area (Å²) in [6, 6.07) is 7.07. The van der Waals surface area contributed by atoms with E-state index in [4.69, 9.17) is 0 Å². The van der Waals surface area contributed by atoms with Gasteiger partial charge >= 0.3 is 0 Å². The van der Waals surface area contributed by atoms with E-state index in [1.807, 2.05) is 6.07 Å². The molecule has 0 spiro atoms. The third kappa shape index (κ3) is 3.36. The van der Waals surface area contributed by atoms with Gasteiger partial charge in [-0.05, 0) is 50.7 Å². The number of nitrogens with one attached hydrogen (secondary N) is 2. The Kier molecular flexibility index (Phi) is 5.00. The van der Waals surface area contributed by atoms with Crippen molar-refractivity contribution < 1.29 is 4.39 Å². The lowest BCUT2D eigenvalue weighted by atomic mass is 10.1. The normalized spacial score (nSPS) is 13.0. The van der Waals surface area contributed by atoms with E-state index in [1.165, 1.54) is 6.07 Å². The molecule has 24 heavy (non-hydrogen) atoms. The van der Waals surface area contributed by atoms with Crippen LogP contribution >= 0.6 is 0 Å². The molecule has 5 heteroatoms. The van der Waals surface area contributed by atoms with Gasteiger partial charge in [-0.2, -0.15) is 0 Å². The van der Waals surface area contributed by atoms with Crippen LogP contribution in [0.2, 0.25) is 0 Å². The van der Waals surface area contributed by atoms with Gasteiger partial charge in [-0.25, -0.2) is 9.37 Å². The van der Waals surface area contributed by atoms with Crippen molar-refractivity contribution in [1.29, 1.82) is 0 Å². The minimum absolute atomic E-state index is 0.220. The van der Waals surface area contributed by atoms with Crippen LogP contribution in [0.25, 0.3) is 21.8 Å². The molecule has 1 aromatic carbocycles. The topological polar surface area (TPSA) is 44.0 Å². The minimum Gasteiger partial charge on any atom is -0.366 e. The maximum Gasteiger partial charge on any atom is 0.150 e. The highest BCUT2D eigenvalue weighted by Gasteiger charge is 2.12. The summed E-state index contributed by atoms with van der Waals surface area (Å²) in [5.74, 6) is 0.610. The van der Waals surface area contributed by atoms with Gasteiger partial charge in [-0.1, -0.05) is 13.8 Å². The van der Waals surface area contributed by atoms with Gasteiger partial charge in [0.25, 0.3) is 0 Å². The highest BCUT2D eigenvalue weighted by molar-refractivity contribution is 6.10. The monoisotopic (exact) mass is 328 g/mol. The summed E-state index contributed by atoms with van der Waals surface area (Å²) in [5, 5.41) is 5.39. The van der Waals surface area contributed by atoms with Crippen molar-refractivity contribution in [2.45, 2.75) is 33.2 Å². The number of benzene rings is 1. The molecule has 0 amide bonds. The van der Waals surface area contributed by atoms with Gasteiger partial charge in [0.15, 0.2) is 5.82 Å². The van der Waals surface area contributed by atoms with E-state index in [1.54, 1.807) is 18.3 Å². The van der Waals surface area contributed by atoms with Crippen LogP contribution in [0.1, 0.15) is 27.2 Å². The third-order valence-electron chi connectivity index (χ3n) is 4.64. The van der Waals surface area contributed by atoms with Crippen LogP contribution in [0.3, 0.4) is 0 Å². The molecule has 0 fully saturated rings. The summed E-state index contributed by atoms with van der Waals surface area (Å²) < 4.78 is 13.5. The molecule has 0 aliphatic carbocycles. The van der Waals surface area contributed by atoms with E-state index in [0.717, 1.165) is 53.7 Å². The lowest BCUT2D eigenvalue weighted by Gasteiger charge is -2.21. The first-order chi connectivity index (χ1) is 11.6. The minimum atomic E-state index is -0.220. The van der Waals surface area contributed by atoms with Crippen LogP contribution in [0.15, 0.2) is 30.5 Å². The van der Waals surface area contributed by atoms with Gasteiger partial charge in [0, 0.05) is 35.1 Å². The molecule has 2 aromatic heterocycles. The molecule has 0 aliphatic heterocycles. The molecular formula is C19H25FN4. The maximum absolute atomic E-state index is 13.5. The Hall–Kier alpha value is -2.14. The highest BCUT2D eigenvalue weighted by atomic mass is 19.1. The molecule has 128 valence electrons. The van der Waals surface area contributed by atoms with Crippen molar-refractivity contribution in [3.8, 4) is 0 Å². The summed E-state index contributed by atoms with van der Waals surface area (Å²) in [7, 11) is 0. The number of hydrogen-bond acceptors (Lipinski definition) is 3. The van der Waals surface area contributed by atoms with Crippen LogP contribution in [0, 0.1) is 5.82 Å². The van der Waals surface area contributed by atoms with Crippen molar-refractivity contribution in [2.75, 3.05) is 25.0 Å². The van der Waals surface area contributed by atoms with E-state index in [9.17, 15) is 4.39 Å². The summed E-state index contributed by atoms with van der Waals surface area (Å²) >= 11 is 0. The fraction of sp³-hybridized carbons (Fsp3) is 0.421. The van der Waals surface area contributed by atoms with E-state index >= 15 is 0 Å². The lowest BCUT2D eigenvalue weighted by molar-refractivity contribution is 0.295. The molecule has 0 saturated carbocycles. The summed E-state index contributed by atoms with van der Waals surface area (Å²) in [4.78, 5) is 10.3. The largest absolute Gasteiger partial charge is 0.366 e. The second-order valence-electron chi connectivity index (χ2n) is 6.26. The molecule has 1 atom stereocenters. The molecule has 3 aromatic rings. The van der Waals surface area contributed by atoms with Gasteiger partial charge in [-0.15, -0.1) is 0 Å². The van der Waals surface area contributed by atoms with Gasteiger partial charge in [-0.3, -0.25) is 0 Å². The third-order valence-corrected chi connectivity index (χ3v) is 4.64. The number of anilines is 1. The molecule has 4 nitrogen and oxygen atoms in total. The smallest absolute Gasteiger partial charge is 0.150 e. The first kappa shape index (κ1) is 16.7. The Morgan fingerprint density at radius 3 is 2.75 bits per heavy atom. The van der Waals surface area contributed by atoms with Crippen LogP contribution in [-0.2, 0) is 0 Å². The van der Waals surface area contributed by atoms with Crippen LogP contribution in [0.4, 0.5) is 10.2 Å². The predicted molar refractivity (Wildman–Crippen MR) is 99.0 cm³/mol. The van der Waals surface area contributed by atoms with Crippen molar-refractivity contribution in [1.82, 2.24) is 14.9 Å². The second-order valence-corrected chi connectivity index (χ2v) is 6.26. The van der Waals surface area contributed by atoms with Gasteiger partial charge in [0.2, 0.25) is 0 Å². The molecule has 0 aliphatic rings. The predicted octanol–water partition coefficient (Wildman–Crippen LogP) is 4.39. The zero-order valence-electron chi connectivity index (χ0n) is 14.6. The van der Waals surface area contributed by atoms with Crippen LogP contribution < -0.4 is 5.32 Å². The van der Waals surface area contributed by atoms with Gasteiger partial charge < -0.3 is 15.2 Å². The number of hydrogen-bond donors (Lipinski definition) is 2. The molecule has 1 unspecified atom stereocenters. The maximum atomic E-state index is 13.5. The second kappa shape index (κ2) is 7.18. The Morgan fingerprint density at radius 2 is 2.00 bits per heavy atom. The lowest BCUT2D eigenvalue weighted by Crippen LogP contribution is -2.28. The van der Waals surface area contributed by atoms with Crippen molar-refractivity contribution >= 4 is 27.6 Å². The molecule has 2 heterocycles. The average molecular weight is 328 g/mol. The molecule has 3 rings (SSSR count). The fourth-order valence-corrected chi connectivity index (χ4v) is 3.13.